The zero-order chi connectivity index (χ0) is 9.19. The molecule has 1 atom stereocenters. The maximum Gasteiger partial charge on any atom is 0.0775 e. The number of hydrogen-bond acceptors (Lipinski definition) is 2. The van der Waals surface area contributed by atoms with Gasteiger partial charge in [-0.25, -0.2) is 0 Å². The summed E-state index contributed by atoms with van der Waals surface area (Å²) in [5.41, 5.74) is -0.0304. The molecule has 0 aliphatic heterocycles. The van der Waals surface area contributed by atoms with Crippen LogP contribution >= 0.6 is 0 Å². The first-order valence-corrected chi connectivity index (χ1v) is 4.82. The molecule has 1 N–H and O–H groups in total. The summed E-state index contributed by atoms with van der Waals surface area (Å²) in [4.78, 5) is 0. The minimum atomic E-state index is -0.0304. The molecule has 1 aliphatic carbocycles. The van der Waals surface area contributed by atoms with Gasteiger partial charge in [-0.15, -0.1) is 0 Å². The van der Waals surface area contributed by atoms with Gasteiger partial charge in [-0.1, -0.05) is 12.8 Å². The van der Waals surface area contributed by atoms with Gasteiger partial charge in [0.1, 0.15) is 0 Å². The van der Waals surface area contributed by atoms with Crippen molar-refractivity contribution < 1.29 is 4.74 Å². The number of nitrogens with one attached hydrogen (secondary N) is 1. The third-order valence-electron chi connectivity index (χ3n) is 2.98. The molecule has 2 heteroatoms. The summed E-state index contributed by atoms with van der Waals surface area (Å²) >= 11 is 0. The molecule has 1 rings (SSSR count). The summed E-state index contributed by atoms with van der Waals surface area (Å²) in [5.74, 6) is 0.955. The highest BCUT2D eigenvalue weighted by molar-refractivity contribution is 4.89. The fourth-order valence-corrected chi connectivity index (χ4v) is 1.58. The van der Waals surface area contributed by atoms with Crippen molar-refractivity contribution in [1.82, 2.24) is 5.32 Å². The molecule has 0 amide bonds. The van der Waals surface area contributed by atoms with Gasteiger partial charge in [-0.2, -0.15) is 0 Å². The highest BCUT2D eigenvalue weighted by Crippen LogP contribution is 2.35. The normalized spacial score (nSPS) is 21.0. The largest absolute Gasteiger partial charge is 0.377 e. The van der Waals surface area contributed by atoms with Gasteiger partial charge in [0.15, 0.2) is 0 Å². The Morgan fingerprint density at radius 2 is 2.08 bits per heavy atom. The molecule has 0 aromatic rings. The summed E-state index contributed by atoms with van der Waals surface area (Å²) in [7, 11) is 3.81. The Bertz CT molecular complexity index is 141. The van der Waals surface area contributed by atoms with Gasteiger partial charge in [0, 0.05) is 13.2 Å². The molecular weight excluding hydrogens is 150 g/mol. The van der Waals surface area contributed by atoms with Crippen molar-refractivity contribution in [2.45, 2.75) is 44.8 Å². The lowest BCUT2D eigenvalue weighted by Crippen LogP contribution is -2.46. The number of likely N-dealkylation sites (N-methyl/N-ethyl adjacent to an activating group) is 1. The molecule has 1 saturated carbocycles. The monoisotopic (exact) mass is 171 g/mol. The predicted octanol–water partition coefficient (Wildman–Crippen LogP) is 1.80. The van der Waals surface area contributed by atoms with E-state index in [0.29, 0.717) is 6.04 Å². The van der Waals surface area contributed by atoms with Gasteiger partial charge < -0.3 is 10.1 Å². The summed E-state index contributed by atoms with van der Waals surface area (Å²) in [6.07, 6.45) is 4.09. The molecule has 0 aromatic carbocycles. The van der Waals surface area contributed by atoms with Gasteiger partial charge in [-0.3, -0.25) is 0 Å². The van der Waals surface area contributed by atoms with Crippen LogP contribution in [0.3, 0.4) is 0 Å². The van der Waals surface area contributed by atoms with E-state index in [1.807, 2.05) is 7.05 Å². The lowest BCUT2D eigenvalue weighted by molar-refractivity contribution is -0.0119. The van der Waals surface area contributed by atoms with E-state index in [1.165, 1.54) is 19.3 Å². The molecule has 0 aromatic heterocycles. The minimum absolute atomic E-state index is 0.0304. The Kier molecular flexibility index (Phi) is 3.13. The van der Waals surface area contributed by atoms with Crippen LogP contribution in [0.15, 0.2) is 0 Å². The zero-order valence-electron chi connectivity index (χ0n) is 8.68. The molecule has 12 heavy (non-hydrogen) atoms. The second-order valence-electron chi connectivity index (χ2n) is 4.33. The van der Waals surface area contributed by atoms with E-state index in [-0.39, 0.29) is 5.60 Å². The summed E-state index contributed by atoms with van der Waals surface area (Å²) < 4.78 is 5.46. The maximum absolute atomic E-state index is 5.46. The van der Waals surface area contributed by atoms with Gasteiger partial charge in [0.25, 0.3) is 0 Å². The molecule has 0 heterocycles. The van der Waals surface area contributed by atoms with Gasteiger partial charge in [-0.05, 0) is 33.2 Å². The summed E-state index contributed by atoms with van der Waals surface area (Å²) in [6, 6.07) is 0.495. The van der Waals surface area contributed by atoms with Gasteiger partial charge >= 0.3 is 0 Å². The zero-order valence-corrected chi connectivity index (χ0v) is 8.68. The van der Waals surface area contributed by atoms with Gasteiger partial charge in [0.2, 0.25) is 0 Å². The molecule has 0 saturated heterocycles. The highest BCUT2D eigenvalue weighted by atomic mass is 16.5. The van der Waals surface area contributed by atoms with Crippen LogP contribution in [0, 0.1) is 5.92 Å². The van der Waals surface area contributed by atoms with Crippen LogP contribution in [0.4, 0.5) is 0 Å². The average Bonchev–Trinajstić information content (AvgIpc) is 2.83. The molecule has 0 spiro atoms. The van der Waals surface area contributed by atoms with E-state index in [2.05, 4.69) is 19.2 Å². The van der Waals surface area contributed by atoms with Crippen molar-refractivity contribution in [1.29, 1.82) is 0 Å². The minimum Gasteiger partial charge on any atom is -0.377 e. The smallest absolute Gasteiger partial charge is 0.0775 e. The first-order valence-electron chi connectivity index (χ1n) is 4.82. The molecule has 72 valence electrons. The van der Waals surface area contributed by atoms with E-state index < -0.39 is 0 Å². The maximum atomic E-state index is 5.46. The van der Waals surface area contributed by atoms with Crippen LogP contribution in [-0.2, 0) is 4.74 Å². The van der Waals surface area contributed by atoms with E-state index in [1.54, 1.807) is 7.11 Å². The summed E-state index contributed by atoms with van der Waals surface area (Å²) in [6.45, 7) is 4.30. The first kappa shape index (κ1) is 10.0. The van der Waals surface area contributed by atoms with Crippen LogP contribution in [0.25, 0.3) is 0 Å². The topological polar surface area (TPSA) is 21.3 Å². The van der Waals surface area contributed by atoms with Crippen molar-refractivity contribution in [3.05, 3.63) is 0 Å². The third-order valence-corrected chi connectivity index (χ3v) is 2.98. The fraction of sp³-hybridized carbons (Fsp3) is 1.00. The van der Waals surface area contributed by atoms with Crippen LogP contribution in [0.1, 0.15) is 33.1 Å². The second kappa shape index (κ2) is 3.75. The molecule has 1 aliphatic rings. The van der Waals surface area contributed by atoms with Gasteiger partial charge in [0.05, 0.1) is 5.60 Å². The molecular formula is C10H21NO. The Morgan fingerprint density at radius 1 is 1.50 bits per heavy atom. The Morgan fingerprint density at radius 3 is 2.42 bits per heavy atom. The Labute approximate surface area is 75.7 Å². The number of rotatable bonds is 5. The Hall–Kier alpha value is -0.0800. The molecule has 2 nitrogen and oxygen atoms in total. The summed E-state index contributed by atoms with van der Waals surface area (Å²) in [5, 5.41) is 3.34. The van der Waals surface area contributed by atoms with Crippen molar-refractivity contribution in [3.63, 3.8) is 0 Å². The van der Waals surface area contributed by atoms with Crippen LogP contribution in [-0.4, -0.2) is 25.8 Å². The van der Waals surface area contributed by atoms with Crippen LogP contribution in [0.2, 0.25) is 0 Å². The van der Waals surface area contributed by atoms with Crippen molar-refractivity contribution in [3.8, 4) is 0 Å². The number of ether oxygens (including phenoxy) is 1. The Balaban J connectivity index is 2.40. The third kappa shape index (κ3) is 2.46. The lowest BCUT2D eigenvalue weighted by atomic mass is 9.94. The molecule has 1 fully saturated rings. The molecule has 0 bridgehead atoms. The van der Waals surface area contributed by atoms with Crippen LogP contribution < -0.4 is 5.32 Å². The van der Waals surface area contributed by atoms with E-state index in [4.69, 9.17) is 4.74 Å². The molecule has 0 radical (unpaired) electrons. The number of methoxy groups -OCH3 is 1. The average molecular weight is 171 g/mol. The predicted molar refractivity (Wildman–Crippen MR) is 51.3 cm³/mol. The van der Waals surface area contributed by atoms with Crippen molar-refractivity contribution in [2.24, 2.45) is 5.92 Å². The molecule has 1 unspecified atom stereocenters. The van der Waals surface area contributed by atoms with Crippen LogP contribution in [0.5, 0.6) is 0 Å². The van der Waals surface area contributed by atoms with E-state index in [0.717, 1.165) is 5.92 Å². The highest BCUT2D eigenvalue weighted by Gasteiger charge is 2.33. The quantitative estimate of drug-likeness (QED) is 0.681. The SMILES string of the molecule is CNC(CC1CC1)C(C)(C)OC. The van der Waals surface area contributed by atoms with E-state index >= 15 is 0 Å². The standard InChI is InChI=1S/C10H21NO/c1-10(2,12-4)9(11-3)7-8-5-6-8/h8-9,11H,5-7H2,1-4H3. The fourth-order valence-electron chi connectivity index (χ4n) is 1.58. The van der Waals surface area contributed by atoms with E-state index in [9.17, 15) is 0 Å². The number of hydrogen-bond donors (Lipinski definition) is 1. The van der Waals surface area contributed by atoms with Crippen molar-refractivity contribution >= 4 is 0 Å². The van der Waals surface area contributed by atoms with Crippen molar-refractivity contribution in [2.75, 3.05) is 14.2 Å². The first-order chi connectivity index (χ1) is 5.60. The lowest BCUT2D eigenvalue weighted by Gasteiger charge is -2.33. The second-order valence-corrected chi connectivity index (χ2v) is 4.33.